The Morgan fingerprint density at radius 1 is 1.38 bits per heavy atom. The molecule has 116 valence electrons. The molecule has 0 saturated carbocycles. The van der Waals surface area contributed by atoms with Crippen LogP contribution in [-0.2, 0) is 4.74 Å². The molecule has 3 nitrogen and oxygen atoms in total. The summed E-state index contributed by atoms with van der Waals surface area (Å²) in [6, 6.07) is 2.09. The van der Waals surface area contributed by atoms with E-state index in [1.165, 1.54) is 6.07 Å². The predicted octanol–water partition coefficient (Wildman–Crippen LogP) is 4.60. The van der Waals surface area contributed by atoms with Crippen molar-refractivity contribution in [1.82, 2.24) is 9.55 Å². The second kappa shape index (κ2) is 6.71. The van der Waals surface area contributed by atoms with E-state index in [4.69, 9.17) is 16.3 Å². The number of rotatable bonds is 6. The van der Waals surface area contributed by atoms with E-state index in [1.54, 1.807) is 14.0 Å². The first-order valence-corrected chi connectivity index (χ1v) is 7.43. The summed E-state index contributed by atoms with van der Waals surface area (Å²) in [4.78, 5) is 4.27. The van der Waals surface area contributed by atoms with E-state index in [2.05, 4.69) is 4.98 Å². The molecule has 0 N–H and O–H groups in total. The third-order valence-electron chi connectivity index (χ3n) is 3.44. The smallest absolute Gasteiger partial charge is 0.153 e. The fourth-order valence-corrected chi connectivity index (χ4v) is 2.77. The number of fused-ring (bicyclic) bond motifs is 1. The molecule has 2 aromatic rings. The number of nitrogens with zero attached hydrogens (tertiary/aromatic N) is 2. The number of halogens is 3. The normalized spacial score (nSPS) is 14.6. The van der Waals surface area contributed by atoms with Crippen LogP contribution in [0.1, 0.15) is 43.9 Å². The van der Waals surface area contributed by atoms with E-state index in [1.807, 2.05) is 11.5 Å². The van der Waals surface area contributed by atoms with Gasteiger partial charge in [0.1, 0.15) is 17.2 Å². The summed E-state index contributed by atoms with van der Waals surface area (Å²) >= 11 is 6.18. The van der Waals surface area contributed by atoms with Gasteiger partial charge >= 0.3 is 0 Å². The fraction of sp³-hybridized carbons (Fsp3) is 0.533. The monoisotopic (exact) mass is 316 g/mol. The van der Waals surface area contributed by atoms with Crippen LogP contribution in [0.25, 0.3) is 11.0 Å². The molecule has 2 unspecified atom stereocenters. The highest BCUT2D eigenvalue weighted by molar-refractivity contribution is 6.20. The third-order valence-corrected chi connectivity index (χ3v) is 3.64. The van der Waals surface area contributed by atoms with Gasteiger partial charge in [-0.1, -0.05) is 13.3 Å². The van der Waals surface area contributed by atoms with Gasteiger partial charge in [0.15, 0.2) is 5.82 Å². The average Bonchev–Trinajstić information content (AvgIpc) is 2.78. The highest BCUT2D eigenvalue weighted by Gasteiger charge is 2.23. The Hall–Kier alpha value is -1.20. The lowest BCUT2D eigenvalue weighted by Gasteiger charge is -2.21. The van der Waals surface area contributed by atoms with E-state index in [-0.39, 0.29) is 11.6 Å². The second-order valence-corrected chi connectivity index (χ2v) is 5.76. The number of alkyl halides is 1. The van der Waals surface area contributed by atoms with Gasteiger partial charge in [-0.15, -0.1) is 11.6 Å². The highest BCUT2D eigenvalue weighted by atomic mass is 35.5. The molecular weight excluding hydrogens is 298 g/mol. The quantitative estimate of drug-likeness (QED) is 0.728. The van der Waals surface area contributed by atoms with Gasteiger partial charge in [0.05, 0.1) is 23.5 Å². The maximum atomic E-state index is 13.9. The number of aromatic nitrogens is 2. The summed E-state index contributed by atoms with van der Waals surface area (Å²) in [7, 11) is 1.60. The summed E-state index contributed by atoms with van der Waals surface area (Å²) < 4.78 is 34.6. The lowest BCUT2D eigenvalue weighted by atomic mass is 10.1. The van der Waals surface area contributed by atoms with Gasteiger partial charge in [-0.2, -0.15) is 0 Å². The van der Waals surface area contributed by atoms with Crippen molar-refractivity contribution in [2.75, 3.05) is 13.7 Å². The number of imidazole rings is 1. The zero-order chi connectivity index (χ0) is 15.6. The lowest BCUT2D eigenvalue weighted by molar-refractivity contribution is 0.150. The Morgan fingerprint density at radius 3 is 2.67 bits per heavy atom. The van der Waals surface area contributed by atoms with E-state index in [0.717, 1.165) is 18.9 Å². The molecule has 1 aromatic carbocycles. The Morgan fingerprint density at radius 2 is 2.10 bits per heavy atom. The van der Waals surface area contributed by atoms with Crippen molar-refractivity contribution in [2.24, 2.45) is 0 Å². The minimum absolute atomic E-state index is 0.0533. The molecule has 0 fully saturated rings. The molecule has 0 aliphatic carbocycles. The van der Waals surface area contributed by atoms with Crippen LogP contribution >= 0.6 is 11.6 Å². The van der Waals surface area contributed by atoms with E-state index >= 15 is 0 Å². The van der Waals surface area contributed by atoms with Gasteiger partial charge in [-0.25, -0.2) is 13.8 Å². The molecule has 2 rings (SSSR count). The first kappa shape index (κ1) is 16.2. The number of methoxy groups -OCH3 is 1. The van der Waals surface area contributed by atoms with Gasteiger partial charge in [0.2, 0.25) is 0 Å². The van der Waals surface area contributed by atoms with Crippen molar-refractivity contribution in [1.29, 1.82) is 0 Å². The SMILES string of the molecule is CCCC(COC)n1c(C(C)Cl)nc2c(F)cc(F)cc21. The maximum absolute atomic E-state index is 13.9. The Bertz CT molecular complexity index is 622. The molecule has 21 heavy (non-hydrogen) atoms. The van der Waals surface area contributed by atoms with Gasteiger partial charge in [-0.05, 0) is 19.4 Å². The van der Waals surface area contributed by atoms with E-state index in [9.17, 15) is 8.78 Å². The molecular formula is C15H19ClF2N2O. The summed E-state index contributed by atoms with van der Waals surface area (Å²) in [6.07, 6.45) is 1.73. The van der Waals surface area contributed by atoms with Crippen molar-refractivity contribution < 1.29 is 13.5 Å². The van der Waals surface area contributed by atoms with Gasteiger partial charge in [0.25, 0.3) is 0 Å². The van der Waals surface area contributed by atoms with Crippen LogP contribution in [0.3, 0.4) is 0 Å². The van der Waals surface area contributed by atoms with Gasteiger partial charge < -0.3 is 9.30 Å². The molecule has 0 bridgehead atoms. The lowest BCUT2D eigenvalue weighted by Crippen LogP contribution is -2.17. The van der Waals surface area contributed by atoms with Crippen molar-refractivity contribution in [3.05, 3.63) is 29.6 Å². The largest absolute Gasteiger partial charge is 0.383 e. The molecule has 0 aliphatic rings. The van der Waals surface area contributed by atoms with Crippen LogP contribution in [0.2, 0.25) is 0 Å². The van der Waals surface area contributed by atoms with Crippen LogP contribution in [0, 0.1) is 11.6 Å². The summed E-state index contributed by atoms with van der Waals surface area (Å²) in [5.74, 6) is -0.760. The van der Waals surface area contributed by atoms with Crippen molar-refractivity contribution >= 4 is 22.6 Å². The van der Waals surface area contributed by atoms with Gasteiger partial charge in [-0.3, -0.25) is 0 Å². The molecule has 0 amide bonds. The first-order chi connectivity index (χ1) is 9.99. The number of hydrogen-bond acceptors (Lipinski definition) is 2. The van der Waals surface area contributed by atoms with Crippen LogP contribution in [0.5, 0.6) is 0 Å². The van der Waals surface area contributed by atoms with E-state index < -0.39 is 17.0 Å². The van der Waals surface area contributed by atoms with Crippen molar-refractivity contribution in [2.45, 2.75) is 38.1 Å². The zero-order valence-corrected chi connectivity index (χ0v) is 13.1. The Labute approximate surface area is 127 Å². The Kier molecular flexibility index (Phi) is 5.17. The molecule has 0 spiro atoms. The van der Waals surface area contributed by atoms with Crippen LogP contribution in [0.15, 0.2) is 12.1 Å². The molecule has 0 aliphatic heterocycles. The maximum Gasteiger partial charge on any atom is 0.153 e. The second-order valence-electron chi connectivity index (χ2n) is 5.11. The molecule has 0 saturated heterocycles. The van der Waals surface area contributed by atoms with Crippen molar-refractivity contribution in [3.63, 3.8) is 0 Å². The fourth-order valence-electron chi connectivity index (χ4n) is 2.62. The molecule has 6 heteroatoms. The topological polar surface area (TPSA) is 27.1 Å². The van der Waals surface area contributed by atoms with Crippen molar-refractivity contribution in [3.8, 4) is 0 Å². The minimum Gasteiger partial charge on any atom is -0.383 e. The molecule has 1 heterocycles. The number of benzene rings is 1. The Balaban J connectivity index is 2.70. The minimum atomic E-state index is -0.671. The predicted molar refractivity (Wildman–Crippen MR) is 79.7 cm³/mol. The summed E-state index contributed by atoms with van der Waals surface area (Å²) in [5, 5.41) is -0.406. The van der Waals surface area contributed by atoms with Gasteiger partial charge in [0, 0.05) is 13.2 Å². The summed E-state index contributed by atoms with van der Waals surface area (Å²) in [5.41, 5.74) is 0.571. The van der Waals surface area contributed by atoms with Crippen LogP contribution in [0.4, 0.5) is 8.78 Å². The standard InChI is InChI=1S/C15H19ClF2N2O/c1-4-5-11(8-21-3)20-13-7-10(17)6-12(18)14(13)19-15(20)9(2)16/h6-7,9,11H,4-5,8H2,1-3H3. The number of ether oxygens (including phenoxy) is 1. The zero-order valence-electron chi connectivity index (χ0n) is 12.4. The average molecular weight is 317 g/mol. The highest BCUT2D eigenvalue weighted by Crippen LogP contribution is 2.31. The molecule has 1 aromatic heterocycles. The van der Waals surface area contributed by atoms with E-state index in [0.29, 0.717) is 17.9 Å². The first-order valence-electron chi connectivity index (χ1n) is 6.99. The molecule has 0 radical (unpaired) electrons. The molecule has 2 atom stereocenters. The van der Waals surface area contributed by atoms with Crippen LogP contribution in [-0.4, -0.2) is 23.3 Å². The summed E-state index contributed by atoms with van der Waals surface area (Å²) in [6.45, 7) is 4.25. The number of hydrogen-bond donors (Lipinski definition) is 0. The van der Waals surface area contributed by atoms with Crippen LogP contribution < -0.4 is 0 Å². The third kappa shape index (κ3) is 3.19.